The lowest BCUT2D eigenvalue weighted by molar-refractivity contribution is 0.556. The third-order valence-corrected chi connectivity index (χ3v) is 3.44. The molecule has 84 valence electrons. The number of sulfonamides is 1. The van der Waals surface area contributed by atoms with Gasteiger partial charge in [-0.1, -0.05) is 13.8 Å². The van der Waals surface area contributed by atoms with Crippen LogP contribution in [-0.4, -0.2) is 33.3 Å². The van der Waals surface area contributed by atoms with E-state index in [0.717, 1.165) is 0 Å². The summed E-state index contributed by atoms with van der Waals surface area (Å²) in [5, 5.41) is 3.18. The van der Waals surface area contributed by atoms with E-state index in [1.165, 1.54) is 12.8 Å². The molecule has 0 aliphatic heterocycles. The maximum Gasteiger partial charge on any atom is 0.212 e. The molecule has 0 aromatic rings. The van der Waals surface area contributed by atoms with Gasteiger partial charge in [0.05, 0.1) is 5.75 Å². The van der Waals surface area contributed by atoms with Gasteiger partial charge in [-0.05, 0) is 18.8 Å². The monoisotopic (exact) mass is 220 g/mol. The second-order valence-corrected chi connectivity index (χ2v) is 6.22. The van der Waals surface area contributed by atoms with E-state index in [0.29, 0.717) is 25.0 Å². The summed E-state index contributed by atoms with van der Waals surface area (Å²) in [7, 11) is -3.06. The van der Waals surface area contributed by atoms with Gasteiger partial charge in [0.2, 0.25) is 10.0 Å². The summed E-state index contributed by atoms with van der Waals surface area (Å²) in [6, 6.07) is 0.579. The van der Waals surface area contributed by atoms with E-state index in [2.05, 4.69) is 10.0 Å². The van der Waals surface area contributed by atoms with Gasteiger partial charge in [-0.2, -0.15) is 0 Å². The van der Waals surface area contributed by atoms with Gasteiger partial charge in [-0.15, -0.1) is 0 Å². The van der Waals surface area contributed by atoms with Crippen LogP contribution in [0.25, 0.3) is 0 Å². The van der Waals surface area contributed by atoms with E-state index in [1.807, 2.05) is 13.8 Å². The van der Waals surface area contributed by atoms with E-state index in [1.54, 1.807) is 0 Å². The predicted octanol–water partition coefficient (Wildman–Crippen LogP) is 0.314. The molecule has 0 saturated heterocycles. The third kappa shape index (κ3) is 5.57. The minimum absolute atomic E-state index is 0.191. The first-order valence-electron chi connectivity index (χ1n) is 5.20. The lowest BCUT2D eigenvalue weighted by Crippen LogP contribution is -2.34. The molecule has 1 fully saturated rings. The van der Waals surface area contributed by atoms with Crippen molar-refractivity contribution in [1.29, 1.82) is 0 Å². The second kappa shape index (κ2) is 5.09. The maximum absolute atomic E-state index is 11.4. The summed E-state index contributed by atoms with van der Waals surface area (Å²) in [5.74, 6) is 0.553. The minimum atomic E-state index is -3.06. The van der Waals surface area contributed by atoms with Gasteiger partial charge < -0.3 is 5.32 Å². The highest BCUT2D eigenvalue weighted by Crippen LogP contribution is 2.17. The number of rotatable bonds is 7. The largest absolute Gasteiger partial charge is 0.313 e. The quantitative estimate of drug-likeness (QED) is 0.649. The van der Waals surface area contributed by atoms with E-state index in [9.17, 15) is 8.42 Å². The summed E-state index contributed by atoms with van der Waals surface area (Å²) in [6.07, 6.45) is 2.39. The lowest BCUT2D eigenvalue weighted by atomic mass is 10.2. The van der Waals surface area contributed by atoms with Crippen LogP contribution in [-0.2, 0) is 10.0 Å². The molecule has 1 rings (SSSR count). The summed E-state index contributed by atoms with van der Waals surface area (Å²) in [6.45, 7) is 5.08. The van der Waals surface area contributed by atoms with Gasteiger partial charge in [0, 0.05) is 19.1 Å². The molecule has 0 spiro atoms. The van der Waals surface area contributed by atoms with Crippen LogP contribution in [0.15, 0.2) is 0 Å². The van der Waals surface area contributed by atoms with Crippen molar-refractivity contribution in [1.82, 2.24) is 10.0 Å². The molecular formula is C9H20N2O2S. The van der Waals surface area contributed by atoms with Crippen molar-refractivity contribution in [2.45, 2.75) is 32.7 Å². The fraction of sp³-hybridized carbons (Fsp3) is 1.00. The van der Waals surface area contributed by atoms with Crippen LogP contribution in [0.5, 0.6) is 0 Å². The molecule has 0 atom stereocenters. The van der Waals surface area contributed by atoms with Crippen molar-refractivity contribution < 1.29 is 8.42 Å². The van der Waals surface area contributed by atoms with Gasteiger partial charge in [-0.3, -0.25) is 0 Å². The van der Waals surface area contributed by atoms with Gasteiger partial charge in [0.15, 0.2) is 0 Å². The molecule has 0 aromatic carbocycles. The molecule has 5 heteroatoms. The Labute approximate surface area is 86.5 Å². The molecule has 1 aliphatic carbocycles. The van der Waals surface area contributed by atoms with Gasteiger partial charge >= 0.3 is 0 Å². The Morgan fingerprint density at radius 2 is 2.00 bits per heavy atom. The van der Waals surface area contributed by atoms with Gasteiger partial charge in [0.1, 0.15) is 0 Å². The highest BCUT2D eigenvalue weighted by molar-refractivity contribution is 7.89. The minimum Gasteiger partial charge on any atom is -0.313 e. The summed E-state index contributed by atoms with van der Waals surface area (Å²) in [4.78, 5) is 0. The van der Waals surface area contributed by atoms with Crippen LogP contribution in [0.2, 0.25) is 0 Å². The second-order valence-electron chi connectivity index (χ2n) is 4.29. The Kier molecular flexibility index (Phi) is 4.34. The van der Waals surface area contributed by atoms with Crippen LogP contribution in [0.1, 0.15) is 26.7 Å². The molecule has 0 radical (unpaired) electrons. The normalized spacial score (nSPS) is 17.6. The smallest absolute Gasteiger partial charge is 0.212 e. The first kappa shape index (κ1) is 11.9. The van der Waals surface area contributed by atoms with Gasteiger partial charge in [-0.25, -0.2) is 13.1 Å². The zero-order valence-electron chi connectivity index (χ0n) is 8.91. The Morgan fingerprint density at radius 1 is 1.36 bits per heavy atom. The molecular weight excluding hydrogens is 200 g/mol. The average molecular weight is 220 g/mol. The van der Waals surface area contributed by atoms with Crippen molar-refractivity contribution in [3.63, 3.8) is 0 Å². The molecule has 0 amide bonds. The summed E-state index contributed by atoms with van der Waals surface area (Å²) >= 11 is 0. The molecule has 0 bridgehead atoms. The van der Waals surface area contributed by atoms with E-state index < -0.39 is 10.0 Å². The van der Waals surface area contributed by atoms with Crippen molar-refractivity contribution in [2.24, 2.45) is 5.92 Å². The van der Waals surface area contributed by atoms with Crippen LogP contribution < -0.4 is 10.0 Å². The standard InChI is InChI=1S/C9H20N2O2S/c1-8(2)7-11-14(12,13)6-5-10-9-3-4-9/h8-11H,3-7H2,1-2H3. The van der Waals surface area contributed by atoms with Gasteiger partial charge in [0.25, 0.3) is 0 Å². The number of hydrogen-bond donors (Lipinski definition) is 2. The first-order chi connectivity index (χ1) is 6.49. The van der Waals surface area contributed by atoms with E-state index in [4.69, 9.17) is 0 Å². The fourth-order valence-electron chi connectivity index (χ4n) is 1.05. The number of nitrogens with one attached hydrogen (secondary N) is 2. The topological polar surface area (TPSA) is 58.2 Å². The molecule has 2 N–H and O–H groups in total. The SMILES string of the molecule is CC(C)CNS(=O)(=O)CCNC1CC1. The van der Waals surface area contributed by atoms with Crippen LogP contribution in [0, 0.1) is 5.92 Å². The molecule has 1 aliphatic rings. The Bertz CT molecular complexity index is 258. The Balaban J connectivity index is 2.12. The highest BCUT2D eigenvalue weighted by atomic mass is 32.2. The zero-order chi connectivity index (χ0) is 10.6. The van der Waals surface area contributed by atoms with E-state index in [-0.39, 0.29) is 5.75 Å². The lowest BCUT2D eigenvalue weighted by Gasteiger charge is -2.08. The number of hydrogen-bond acceptors (Lipinski definition) is 3. The molecule has 1 saturated carbocycles. The van der Waals surface area contributed by atoms with Crippen molar-refractivity contribution in [3.05, 3.63) is 0 Å². The Hall–Kier alpha value is -0.130. The molecule has 4 nitrogen and oxygen atoms in total. The highest BCUT2D eigenvalue weighted by Gasteiger charge is 2.21. The first-order valence-corrected chi connectivity index (χ1v) is 6.85. The van der Waals surface area contributed by atoms with Crippen molar-refractivity contribution in [2.75, 3.05) is 18.8 Å². The summed E-state index contributed by atoms with van der Waals surface area (Å²) in [5.41, 5.74) is 0. The molecule has 0 aromatic heterocycles. The average Bonchev–Trinajstić information content (AvgIpc) is 2.85. The van der Waals surface area contributed by atoms with Crippen LogP contribution in [0.4, 0.5) is 0 Å². The zero-order valence-corrected chi connectivity index (χ0v) is 9.73. The molecule has 14 heavy (non-hydrogen) atoms. The maximum atomic E-state index is 11.4. The Morgan fingerprint density at radius 3 is 2.50 bits per heavy atom. The third-order valence-electron chi connectivity index (χ3n) is 2.09. The molecule has 0 heterocycles. The molecule has 0 unspecified atom stereocenters. The predicted molar refractivity (Wildman–Crippen MR) is 57.7 cm³/mol. The van der Waals surface area contributed by atoms with Crippen LogP contribution in [0.3, 0.4) is 0 Å². The van der Waals surface area contributed by atoms with Crippen LogP contribution >= 0.6 is 0 Å². The van der Waals surface area contributed by atoms with Crippen molar-refractivity contribution >= 4 is 10.0 Å². The van der Waals surface area contributed by atoms with Crippen molar-refractivity contribution in [3.8, 4) is 0 Å². The fourth-order valence-corrected chi connectivity index (χ4v) is 2.17. The summed E-state index contributed by atoms with van der Waals surface area (Å²) < 4.78 is 25.4. The van der Waals surface area contributed by atoms with E-state index >= 15 is 0 Å².